The molecule has 9 heteroatoms. The van der Waals surface area contributed by atoms with Gasteiger partial charge in [-0.15, -0.1) is 0 Å². The van der Waals surface area contributed by atoms with E-state index in [0.29, 0.717) is 42.6 Å². The molecule has 3 aliphatic rings. The average molecular weight is 613 g/mol. The number of H-pyrrole nitrogens is 1. The monoisotopic (exact) mass is 611 g/mol. The highest BCUT2D eigenvalue weighted by molar-refractivity contribution is 9.10. The van der Waals surface area contributed by atoms with Gasteiger partial charge in [0.2, 0.25) is 0 Å². The molecule has 0 atom stereocenters. The number of esters is 1. The first-order valence-electron chi connectivity index (χ1n) is 14.2. The van der Waals surface area contributed by atoms with Crippen LogP contribution in [0.1, 0.15) is 74.5 Å². The van der Waals surface area contributed by atoms with E-state index in [9.17, 15) is 13.6 Å². The minimum Gasteiger partial charge on any atom is -0.469 e. The minimum absolute atomic E-state index is 0.131. The molecule has 2 aliphatic carbocycles. The summed E-state index contributed by atoms with van der Waals surface area (Å²) < 4.78 is 42.4. The second-order valence-electron chi connectivity index (χ2n) is 12.0. The van der Waals surface area contributed by atoms with E-state index < -0.39 is 11.6 Å². The van der Waals surface area contributed by atoms with Gasteiger partial charge in [0.25, 0.3) is 0 Å². The van der Waals surface area contributed by atoms with E-state index in [1.165, 1.54) is 30.5 Å². The van der Waals surface area contributed by atoms with E-state index in [1.54, 1.807) is 12.3 Å². The number of fused-ring (bicyclic) bond motifs is 2. The predicted octanol–water partition coefficient (Wildman–Crippen LogP) is 7.67. The number of aromatic amines is 1. The summed E-state index contributed by atoms with van der Waals surface area (Å²) in [6.07, 6.45) is 9.47. The lowest BCUT2D eigenvalue weighted by Gasteiger charge is -2.58. The van der Waals surface area contributed by atoms with Crippen LogP contribution in [0.3, 0.4) is 0 Å². The van der Waals surface area contributed by atoms with Crippen molar-refractivity contribution in [2.24, 2.45) is 11.3 Å². The van der Waals surface area contributed by atoms with Gasteiger partial charge in [0.05, 0.1) is 28.8 Å². The van der Waals surface area contributed by atoms with Gasteiger partial charge in [-0.25, -0.2) is 8.78 Å². The topological polar surface area (TPSA) is 69.1 Å². The first kappa shape index (κ1) is 26.1. The lowest BCUT2D eigenvalue weighted by Crippen LogP contribution is -2.46. The molecule has 4 aromatic rings. The maximum atomic E-state index is 14.6. The zero-order valence-electron chi connectivity index (χ0n) is 22.4. The number of rotatable bonds is 6. The Morgan fingerprint density at radius 3 is 2.65 bits per heavy atom. The third-order valence-electron chi connectivity index (χ3n) is 9.65. The molecule has 1 N–H and O–H groups in total. The number of nitrogens with zero attached hydrogens (tertiary/aromatic N) is 2. The van der Waals surface area contributed by atoms with Crippen LogP contribution in [-0.4, -0.2) is 41.1 Å². The number of nitrogens with one attached hydrogen (secondary N) is 1. The Morgan fingerprint density at radius 1 is 1.15 bits per heavy atom. The Bertz CT molecular complexity index is 1610. The molecule has 40 heavy (non-hydrogen) atoms. The fraction of sp³-hybridized carbons (Fsp3) is 0.484. The van der Waals surface area contributed by atoms with Gasteiger partial charge in [0.1, 0.15) is 0 Å². The summed E-state index contributed by atoms with van der Waals surface area (Å²) in [5.74, 6) is -0.636. The molecule has 3 fully saturated rings. The Labute approximate surface area is 239 Å². The largest absolute Gasteiger partial charge is 0.469 e. The number of aromatic nitrogens is 3. The van der Waals surface area contributed by atoms with Gasteiger partial charge in [-0.2, -0.15) is 5.10 Å². The molecule has 0 amide bonds. The number of hydrogen-bond donors (Lipinski definition) is 1. The summed E-state index contributed by atoms with van der Waals surface area (Å²) in [6, 6.07) is 6.33. The van der Waals surface area contributed by atoms with Crippen molar-refractivity contribution in [3.63, 3.8) is 0 Å². The third kappa shape index (κ3) is 4.19. The number of ether oxygens (including phenoxy) is 2. The Morgan fingerprint density at radius 2 is 1.93 bits per heavy atom. The number of carbonyl (C=O) groups is 1. The van der Waals surface area contributed by atoms with Crippen LogP contribution in [0.5, 0.6) is 0 Å². The lowest BCUT2D eigenvalue weighted by molar-refractivity contribution is -0.141. The second kappa shape index (κ2) is 9.94. The molecule has 7 rings (SSSR count). The highest BCUT2D eigenvalue weighted by Gasteiger charge is 2.54. The molecule has 2 saturated carbocycles. The van der Waals surface area contributed by atoms with Crippen molar-refractivity contribution in [2.75, 3.05) is 20.3 Å². The van der Waals surface area contributed by atoms with Crippen LogP contribution in [0.15, 0.2) is 34.9 Å². The Balaban J connectivity index is 1.34. The van der Waals surface area contributed by atoms with Crippen molar-refractivity contribution < 1.29 is 23.0 Å². The average Bonchev–Trinajstić information content (AvgIpc) is 3.52. The molecule has 1 saturated heterocycles. The van der Waals surface area contributed by atoms with Crippen molar-refractivity contribution >= 4 is 43.7 Å². The SMILES string of the molecule is COC(=O)CCC1CC2(C1)CC(c1c(C3CCOCC3)n(-c3ccc(F)c(F)c3)c3cc4cn[nH]c4c(Br)c13)C2. The van der Waals surface area contributed by atoms with Gasteiger partial charge >= 0.3 is 5.97 Å². The molecule has 0 unspecified atom stereocenters. The van der Waals surface area contributed by atoms with Crippen LogP contribution in [0.25, 0.3) is 27.5 Å². The lowest BCUT2D eigenvalue weighted by atomic mass is 9.46. The van der Waals surface area contributed by atoms with Gasteiger partial charge < -0.3 is 14.0 Å². The van der Waals surface area contributed by atoms with Crippen molar-refractivity contribution in [1.82, 2.24) is 14.8 Å². The number of carbonyl (C=O) groups excluding carboxylic acids is 1. The highest BCUT2D eigenvalue weighted by atomic mass is 79.9. The summed E-state index contributed by atoms with van der Waals surface area (Å²) in [5, 5.41) is 9.52. The minimum atomic E-state index is -0.850. The number of hydrogen-bond acceptors (Lipinski definition) is 4. The van der Waals surface area contributed by atoms with Crippen LogP contribution in [0, 0.1) is 23.0 Å². The van der Waals surface area contributed by atoms with E-state index in [-0.39, 0.29) is 11.9 Å². The van der Waals surface area contributed by atoms with Crippen LogP contribution >= 0.6 is 15.9 Å². The first-order valence-corrected chi connectivity index (χ1v) is 15.0. The summed E-state index contributed by atoms with van der Waals surface area (Å²) in [4.78, 5) is 11.6. The normalized spacial score (nSPS) is 24.9. The fourth-order valence-electron chi connectivity index (χ4n) is 7.85. The summed E-state index contributed by atoms with van der Waals surface area (Å²) in [7, 11) is 1.45. The number of benzene rings is 2. The second-order valence-corrected chi connectivity index (χ2v) is 12.8. The number of halogens is 3. The molecular weight excluding hydrogens is 580 g/mol. The van der Waals surface area contributed by atoms with Gasteiger partial charge in [-0.05, 0) is 102 Å². The first-order chi connectivity index (χ1) is 19.4. The molecule has 6 nitrogen and oxygen atoms in total. The summed E-state index contributed by atoms with van der Waals surface area (Å²) in [6.45, 7) is 1.37. The maximum Gasteiger partial charge on any atom is 0.305 e. The van der Waals surface area contributed by atoms with E-state index >= 15 is 0 Å². The molecule has 0 radical (unpaired) electrons. The standard InChI is InChI=1S/C31H32BrF2N3O3/c1-39-25(38)5-2-17-12-31(13-17)14-20(15-31)26-27-24(10-19-16-35-36-29(19)28(27)32)37(21-3-4-22(33)23(34)11-21)30(26)18-6-8-40-9-7-18/h3-4,10-11,16-18,20H,2,5-9,12-15H2,1H3,(H,35,36). The van der Waals surface area contributed by atoms with Crippen molar-refractivity contribution in [2.45, 2.75) is 63.2 Å². The third-order valence-corrected chi connectivity index (χ3v) is 10.4. The van der Waals surface area contributed by atoms with Crippen LogP contribution in [0.2, 0.25) is 0 Å². The molecule has 0 bridgehead atoms. The number of methoxy groups -OCH3 is 1. The van der Waals surface area contributed by atoms with E-state index in [2.05, 4.69) is 36.8 Å². The summed E-state index contributed by atoms with van der Waals surface area (Å²) >= 11 is 3.93. The molecular formula is C31H32BrF2N3O3. The molecule has 1 aliphatic heterocycles. The Kier molecular flexibility index (Phi) is 6.50. The van der Waals surface area contributed by atoms with Crippen molar-refractivity contribution in [1.29, 1.82) is 0 Å². The maximum absolute atomic E-state index is 14.6. The highest BCUT2D eigenvalue weighted by Crippen LogP contribution is 2.66. The van der Waals surface area contributed by atoms with E-state index in [1.807, 2.05) is 0 Å². The smallest absolute Gasteiger partial charge is 0.305 e. The van der Waals surface area contributed by atoms with Crippen LogP contribution < -0.4 is 0 Å². The zero-order chi connectivity index (χ0) is 27.6. The zero-order valence-corrected chi connectivity index (χ0v) is 24.0. The van der Waals surface area contributed by atoms with Crippen molar-refractivity contribution in [3.05, 3.63) is 57.8 Å². The quantitative estimate of drug-likeness (QED) is 0.227. The fourth-order valence-corrected chi connectivity index (χ4v) is 8.59. The molecule has 1 spiro atoms. The van der Waals surface area contributed by atoms with Gasteiger partial charge in [0, 0.05) is 53.8 Å². The van der Waals surface area contributed by atoms with E-state index in [0.717, 1.165) is 71.2 Å². The van der Waals surface area contributed by atoms with Gasteiger partial charge in [-0.3, -0.25) is 9.89 Å². The van der Waals surface area contributed by atoms with E-state index in [4.69, 9.17) is 9.47 Å². The predicted molar refractivity (Wildman–Crippen MR) is 152 cm³/mol. The molecule has 2 aromatic heterocycles. The van der Waals surface area contributed by atoms with Gasteiger partial charge in [0.15, 0.2) is 11.6 Å². The summed E-state index contributed by atoms with van der Waals surface area (Å²) in [5.41, 5.74) is 5.40. The van der Waals surface area contributed by atoms with Crippen molar-refractivity contribution in [3.8, 4) is 5.69 Å². The molecule has 2 aromatic carbocycles. The van der Waals surface area contributed by atoms with Gasteiger partial charge in [-0.1, -0.05) is 0 Å². The Hall–Kier alpha value is -2.78. The molecule has 3 heterocycles. The van der Waals surface area contributed by atoms with Crippen LogP contribution in [0.4, 0.5) is 8.78 Å². The molecule has 210 valence electrons. The van der Waals surface area contributed by atoms with Crippen LogP contribution in [-0.2, 0) is 14.3 Å².